The maximum atomic E-state index is 13.7. The van der Waals surface area contributed by atoms with Gasteiger partial charge < -0.3 is 34.7 Å². The summed E-state index contributed by atoms with van der Waals surface area (Å²) in [6.07, 6.45) is 12.9. The quantitative estimate of drug-likeness (QED) is 0.0270. The number of halogens is 2. The Morgan fingerprint density at radius 2 is 0.992 bits per heavy atom. The number of hydrogen-bond donors (Lipinski definition) is 5. The van der Waals surface area contributed by atoms with Gasteiger partial charge in [0.05, 0.1) is 68.5 Å². The van der Waals surface area contributed by atoms with Crippen LogP contribution in [0.15, 0.2) is 119 Å². The summed E-state index contributed by atoms with van der Waals surface area (Å²) in [6, 6.07) is 31.6. The zero-order chi connectivity index (χ0) is 88.0. The normalized spacial score (nSPS) is 18.3. The van der Waals surface area contributed by atoms with E-state index in [1.54, 1.807) is 53.0 Å². The lowest BCUT2D eigenvalue weighted by atomic mass is 9.99. The Labute approximate surface area is 727 Å². The summed E-state index contributed by atoms with van der Waals surface area (Å²) in [5.41, 5.74) is 14.2. The third-order valence-corrected chi connectivity index (χ3v) is 24.3. The van der Waals surface area contributed by atoms with Crippen LogP contribution in [0.1, 0.15) is 200 Å². The van der Waals surface area contributed by atoms with Crippen molar-refractivity contribution in [3.05, 3.63) is 225 Å². The first-order chi connectivity index (χ1) is 59.9. The lowest BCUT2D eigenvalue weighted by Gasteiger charge is -2.27. The Morgan fingerprint density at radius 3 is 1.50 bits per heavy atom. The molecule has 638 valence electrons. The molecule has 0 bridgehead atoms. The van der Waals surface area contributed by atoms with Crippen molar-refractivity contribution in [1.82, 2.24) is 60.2 Å². The Hall–Kier alpha value is -12.7. The second kappa shape index (κ2) is 40.5. The third-order valence-electron chi connectivity index (χ3n) is 21.1. The smallest absolute Gasteiger partial charge is 0.265 e. The molecule has 0 radical (unpaired) electrons. The first kappa shape index (κ1) is 89.0. The average Bonchev–Trinajstić information content (AvgIpc) is 1.60. The summed E-state index contributed by atoms with van der Waals surface area (Å²) in [5.74, 6) is 6.92. The number of aryl methyl sites for hydroxylation is 3. The Morgan fingerprint density at radius 1 is 0.540 bits per heavy atom. The number of hydrogen-bond acceptors (Lipinski definition) is 25. The molecule has 0 saturated carbocycles. The SMILES string of the molecule is C#CCOCCN.C#CCOCCNc1cccc2c1C(=O)N(C1CCC(=O)NC1=O)C2=O.Cc1nnc2n1-c1sc(Br)c(Cc3ccccc3)c1CO[C@H]2C.Cc1nnc2n1-c1sc(C#CCOCCCc3cccc4c3C(=O)N(C3CCC(=O)NC3=O)C4=O)c(Cc3ccccc3)c1CO[C@H]2C.O=C1CCC(N2C(=O)c3cccc(F)c3C2=O)C(=O)N1. The maximum Gasteiger partial charge on any atom is 0.265 e. The maximum absolute atomic E-state index is 13.7. The van der Waals surface area contributed by atoms with Crippen LogP contribution >= 0.6 is 38.6 Å². The molecule has 3 unspecified atom stereocenters. The van der Waals surface area contributed by atoms with Gasteiger partial charge in [-0.25, -0.2) is 4.39 Å². The number of benzene rings is 5. The van der Waals surface area contributed by atoms with E-state index in [9.17, 15) is 61.9 Å². The topological polar surface area (TPSA) is 396 Å². The molecule has 3 fully saturated rings. The van der Waals surface area contributed by atoms with Crippen LogP contribution in [0.25, 0.3) is 10.0 Å². The van der Waals surface area contributed by atoms with E-state index in [0.717, 1.165) is 87.3 Å². The molecule has 0 aliphatic carbocycles. The Balaban J connectivity index is 0.000000147. The number of ether oxygens (including phenoxy) is 5. The number of nitrogens with one attached hydrogen (secondary N) is 4. The van der Waals surface area contributed by atoms with Gasteiger partial charge in [0.25, 0.3) is 35.4 Å². The average molecular weight is 1780 g/mol. The fourth-order valence-electron chi connectivity index (χ4n) is 15.2. The predicted octanol–water partition coefficient (Wildman–Crippen LogP) is 8.77. The monoisotopic (exact) mass is 1780 g/mol. The van der Waals surface area contributed by atoms with E-state index in [1.807, 2.05) is 58.0 Å². The standard InChI is InChI=1S/C36H33N5O6S.C18H17N3O5.C17H16BrN3OS.C13H9FN2O4.C5H9NO/c1-21-32-39-38-22(2)40(32)36-27(20-47-21)26(19-23-9-4-3-5-10-23)29(48-36)14-8-18-46-17-7-12-24-11-6-13-25-31(24)35(45)41(34(25)44)28-15-16-30(42)37-33(28)43;1-2-9-26-10-8-19-12-5-3-4-11-15(12)18(25)21(17(11)24)13-6-7-14(22)20-16(13)23;1-10-16-20-19-11(2)21(16)17-14(9-22-10)13(15(18)23-17)8-12-6-4-3-5-7-12;14-7-3-1-2-6-10(7)13(20)16(12(6)19)8-4-5-9(17)15-11(8)18;1-2-4-7-5-3-6/h3-6,9-11,13,21,28H,7,12,15-20H2,1-2H3,(H,37,42,43);1,3-5,13,19H,6-10H2,(H,20,22,23);3-7,10H,8-9H2,1-2H3;1-3,8H,4-5H2,(H,15,17,18);1H,3-6H2/t21-,28?;;10-;;/m0.0../s1. The van der Waals surface area contributed by atoms with Gasteiger partial charge in [-0.3, -0.25) is 97.3 Å². The van der Waals surface area contributed by atoms with Crippen molar-refractivity contribution in [3.63, 3.8) is 0 Å². The van der Waals surface area contributed by atoms with Crippen LogP contribution in [0.2, 0.25) is 0 Å². The van der Waals surface area contributed by atoms with Crippen LogP contribution in [0, 0.1) is 56.2 Å². The highest BCUT2D eigenvalue weighted by molar-refractivity contribution is 9.11. The van der Waals surface area contributed by atoms with E-state index in [-0.39, 0.29) is 91.8 Å². The largest absolute Gasteiger partial charge is 0.382 e. The molecule has 8 aliphatic rings. The third kappa shape index (κ3) is 19.4. The highest BCUT2D eigenvalue weighted by Crippen LogP contribution is 2.44. The fraction of sp³-hybridized carbons (Fsp3) is 0.326. The minimum atomic E-state index is -1.07. The van der Waals surface area contributed by atoms with Crippen molar-refractivity contribution in [2.75, 3.05) is 58.0 Å². The van der Waals surface area contributed by atoms with Gasteiger partial charge >= 0.3 is 0 Å². The molecule has 12 heterocycles. The van der Waals surface area contributed by atoms with E-state index < -0.39 is 94.8 Å². The Kier molecular flexibility index (Phi) is 29.1. The molecule has 8 aliphatic heterocycles. The van der Waals surface area contributed by atoms with E-state index in [2.05, 4.69) is 127 Å². The van der Waals surface area contributed by atoms with Gasteiger partial charge in [0.1, 0.15) is 77.6 Å². The molecule has 0 spiro atoms. The molecular formula is C89H84BrFN14O17S2. The number of nitrogens with two attached hydrogens (primary N) is 1. The summed E-state index contributed by atoms with van der Waals surface area (Å²) >= 11 is 7.10. The second-order valence-electron chi connectivity index (χ2n) is 29.2. The van der Waals surface area contributed by atoms with Gasteiger partial charge in [-0.05, 0) is 147 Å². The van der Waals surface area contributed by atoms with Crippen molar-refractivity contribution in [3.8, 4) is 46.5 Å². The Bertz CT molecular complexity index is 5860. The summed E-state index contributed by atoms with van der Waals surface area (Å²) < 4.78 is 47.1. The van der Waals surface area contributed by atoms with Gasteiger partial charge in [-0.15, -0.1) is 55.9 Å². The highest BCUT2D eigenvalue weighted by Gasteiger charge is 2.49. The molecule has 9 aromatic rings. The minimum Gasteiger partial charge on any atom is -0.382 e. The molecule has 31 nitrogen and oxygen atoms in total. The summed E-state index contributed by atoms with van der Waals surface area (Å²) in [4.78, 5) is 150. The van der Waals surface area contributed by atoms with Crippen LogP contribution in [0.5, 0.6) is 0 Å². The number of thiophene rings is 2. The number of rotatable bonds is 20. The summed E-state index contributed by atoms with van der Waals surface area (Å²) in [7, 11) is 0. The van der Waals surface area contributed by atoms with Crippen molar-refractivity contribution < 1.29 is 85.6 Å². The van der Waals surface area contributed by atoms with Crippen molar-refractivity contribution in [1.29, 1.82) is 0 Å². The molecule has 5 aromatic carbocycles. The fourth-order valence-corrected chi connectivity index (χ4v) is 18.4. The number of anilines is 1. The zero-order valence-corrected chi connectivity index (χ0v) is 71.0. The minimum absolute atomic E-state index is 0.0340. The van der Waals surface area contributed by atoms with Gasteiger partial charge in [-0.1, -0.05) is 109 Å². The van der Waals surface area contributed by atoms with Crippen LogP contribution in [-0.2, 0) is 84.9 Å². The van der Waals surface area contributed by atoms with Crippen molar-refractivity contribution >= 4 is 115 Å². The molecule has 5 atom stereocenters. The van der Waals surface area contributed by atoms with Gasteiger partial charge in [0, 0.05) is 55.8 Å². The number of fused-ring (bicyclic) bond motifs is 9. The molecule has 35 heteroatoms. The summed E-state index contributed by atoms with van der Waals surface area (Å²) in [6.45, 7) is 12.1. The first-order valence-electron chi connectivity index (χ1n) is 39.7. The molecule has 6 N–H and O–H groups in total. The van der Waals surface area contributed by atoms with Gasteiger partial charge in [0.15, 0.2) is 11.6 Å². The van der Waals surface area contributed by atoms with Crippen molar-refractivity contribution in [2.45, 2.75) is 135 Å². The lowest BCUT2D eigenvalue weighted by molar-refractivity contribution is -0.137. The molecule has 3 saturated heterocycles. The molecule has 124 heavy (non-hydrogen) atoms. The van der Waals surface area contributed by atoms with Crippen LogP contribution in [0.3, 0.4) is 0 Å². The van der Waals surface area contributed by atoms with Gasteiger partial charge in [-0.2, -0.15) is 0 Å². The van der Waals surface area contributed by atoms with E-state index >= 15 is 0 Å². The van der Waals surface area contributed by atoms with E-state index in [4.69, 9.17) is 42.3 Å². The van der Waals surface area contributed by atoms with E-state index in [1.165, 1.54) is 39.4 Å². The van der Waals surface area contributed by atoms with Crippen molar-refractivity contribution in [2.24, 2.45) is 5.73 Å². The molecular weight excluding hydrogens is 1700 g/mol. The molecule has 4 aromatic heterocycles. The van der Waals surface area contributed by atoms with E-state index in [0.29, 0.717) is 76.8 Å². The lowest BCUT2D eigenvalue weighted by Crippen LogP contribution is -2.54. The first-order valence-corrected chi connectivity index (χ1v) is 42.2. The molecule has 17 rings (SSSR count). The number of carbonyl (C=O) groups excluding carboxylic acids is 12. The van der Waals surface area contributed by atoms with Gasteiger partial charge in [0.2, 0.25) is 35.4 Å². The number of carbonyl (C=O) groups is 12. The number of nitrogens with zero attached hydrogens (tertiary/aromatic N) is 9. The van der Waals surface area contributed by atoms with Crippen LogP contribution in [-0.4, -0.2) is 186 Å². The summed E-state index contributed by atoms with van der Waals surface area (Å²) in [5, 5.41) is 29.0. The predicted molar refractivity (Wildman–Crippen MR) is 453 cm³/mol. The number of terminal acetylenes is 2. The van der Waals surface area contributed by atoms with Crippen LogP contribution in [0.4, 0.5) is 10.1 Å². The number of piperidine rings is 3. The highest BCUT2D eigenvalue weighted by atomic mass is 79.9. The number of aromatic nitrogens is 6. The number of imide groups is 6. The van der Waals surface area contributed by atoms with Crippen LogP contribution < -0.4 is 27.0 Å². The number of amides is 12. The zero-order valence-electron chi connectivity index (χ0n) is 67.8. The molecule has 12 amide bonds. The second-order valence-corrected chi connectivity index (χ2v) is 32.5.